The smallest absolute Gasteiger partial charge is 0.288 e. The van der Waals surface area contributed by atoms with Crippen molar-refractivity contribution in [2.75, 3.05) is 6.79 Å². The van der Waals surface area contributed by atoms with E-state index >= 15 is 0 Å². The first-order valence-electron chi connectivity index (χ1n) is 6.80. The second-order valence-corrected chi connectivity index (χ2v) is 5.32. The molecule has 0 bridgehead atoms. The largest absolute Gasteiger partial charge is 0.454 e. The van der Waals surface area contributed by atoms with E-state index in [1.165, 1.54) is 12.1 Å². The fraction of sp³-hybridized carbons (Fsp3) is 0.0667. The van der Waals surface area contributed by atoms with E-state index in [1.54, 1.807) is 24.3 Å². The van der Waals surface area contributed by atoms with Crippen LogP contribution in [0.2, 0.25) is 5.02 Å². The molecule has 1 aliphatic rings. The van der Waals surface area contributed by atoms with Crippen LogP contribution in [-0.2, 0) is 0 Å². The minimum absolute atomic E-state index is 0.0410. The Labute approximate surface area is 139 Å². The number of hydrogen-bond acceptors (Lipinski definition) is 7. The molecule has 120 valence electrons. The Kier molecular flexibility index (Phi) is 3.31. The zero-order valence-corrected chi connectivity index (χ0v) is 12.7. The Morgan fingerprint density at radius 2 is 1.88 bits per heavy atom. The van der Waals surface area contributed by atoms with Crippen molar-refractivity contribution < 1.29 is 18.9 Å². The monoisotopic (exact) mass is 345 g/mol. The number of hydrogen-bond donors (Lipinski definition) is 0. The highest BCUT2D eigenvalue weighted by molar-refractivity contribution is 6.32. The summed E-state index contributed by atoms with van der Waals surface area (Å²) < 4.78 is 15.8. The van der Waals surface area contributed by atoms with Gasteiger partial charge in [-0.2, -0.15) is 4.98 Å². The number of benzene rings is 2. The molecule has 0 unspecified atom stereocenters. The van der Waals surface area contributed by atoms with Gasteiger partial charge in [0.15, 0.2) is 11.5 Å². The lowest BCUT2D eigenvalue weighted by Crippen LogP contribution is -1.92. The van der Waals surface area contributed by atoms with Gasteiger partial charge in [0.1, 0.15) is 5.02 Å². The maximum Gasteiger partial charge on any atom is 0.288 e. The first-order chi connectivity index (χ1) is 11.6. The van der Waals surface area contributed by atoms with Crippen LogP contribution in [0.1, 0.15) is 0 Å². The molecule has 3 aromatic rings. The fourth-order valence-electron chi connectivity index (χ4n) is 2.28. The number of rotatable bonds is 3. The number of ether oxygens (including phenoxy) is 2. The van der Waals surface area contributed by atoms with Crippen LogP contribution >= 0.6 is 11.6 Å². The summed E-state index contributed by atoms with van der Waals surface area (Å²) in [7, 11) is 0. The molecular weight excluding hydrogens is 338 g/mol. The van der Waals surface area contributed by atoms with E-state index in [0.29, 0.717) is 28.5 Å². The van der Waals surface area contributed by atoms with Gasteiger partial charge in [0.25, 0.3) is 11.6 Å². The summed E-state index contributed by atoms with van der Waals surface area (Å²) in [6, 6.07) is 9.54. The van der Waals surface area contributed by atoms with Crippen LogP contribution in [0.25, 0.3) is 22.8 Å². The Balaban J connectivity index is 1.70. The van der Waals surface area contributed by atoms with Gasteiger partial charge in [0.2, 0.25) is 12.6 Å². The summed E-state index contributed by atoms with van der Waals surface area (Å²) in [5.41, 5.74) is 0.861. The Hall–Kier alpha value is -3.13. The molecule has 1 aromatic heterocycles. The number of fused-ring (bicyclic) bond motifs is 1. The van der Waals surface area contributed by atoms with Gasteiger partial charge in [-0.3, -0.25) is 10.1 Å². The van der Waals surface area contributed by atoms with Crippen molar-refractivity contribution in [3.8, 4) is 34.3 Å². The topological polar surface area (TPSA) is 101 Å². The third kappa shape index (κ3) is 2.42. The summed E-state index contributed by atoms with van der Waals surface area (Å²) in [4.78, 5) is 14.7. The number of nitro groups is 1. The van der Waals surface area contributed by atoms with E-state index in [2.05, 4.69) is 10.1 Å². The van der Waals surface area contributed by atoms with E-state index in [4.69, 9.17) is 25.6 Å². The van der Waals surface area contributed by atoms with Gasteiger partial charge < -0.3 is 14.0 Å². The van der Waals surface area contributed by atoms with Crippen molar-refractivity contribution in [3.05, 3.63) is 51.5 Å². The predicted molar refractivity (Wildman–Crippen MR) is 83.0 cm³/mol. The molecule has 2 aromatic carbocycles. The Morgan fingerprint density at radius 3 is 2.71 bits per heavy atom. The van der Waals surface area contributed by atoms with Gasteiger partial charge in [-0.1, -0.05) is 16.8 Å². The van der Waals surface area contributed by atoms with Gasteiger partial charge in [0, 0.05) is 17.2 Å². The molecule has 0 N–H and O–H groups in total. The molecule has 0 saturated heterocycles. The van der Waals surface area contributed by atoms with Gasteiger partial charge in [0.05, 0.1) is 4.92 Å². The fourth-order valence-corrected chi connectivity index (χ4v) is 2.47. The van der Waals surface area contributed by atoms with Crippen LogP contribution in [0.4, 0.5) is 5.69 Å². The molecule has 4 rings (SSSR count). The summed E-state index contributed by atoms with van der Waals surface area (Å²) in [6.45, 7) is 0.171. The maximum absolute atomic E-state index is 11.0. The molecule has 0 radical (unpaired) electrons. The molecule has 1 aliphatic heterocycles. The van der Waals surface area contributed by atoms with Crippen molar-refractivity contribution >= 4 is 17.3 Å². The maximum atomic E-state index is 11.0. The second-order valence-electron chi connectivity index (χ2n) is 4.91. The highest BCUT2D eigenvalue weighted by atomic mass is 35.5. The first kappa shape index (κ1) is 14.5. The van der Waals surface area contributed by atoms with E-state index in [-0.39, 0.29) is 23.4 Å². The molecular formula is C15H8ClN3O5. The van der Waals surface area contributed by atoms with Crippen molar-refractivity contribution in [2.24, 2.45) is 0 Å². The highest BCUT2D eigenvalue weighted by Gasteiger charge is 2.19. The van der Waals surface area contributed by atoms with Crippen LogP contribution in [0.15, 0.2) is 40.9 Å². The first-order valence-corrected chi connectivity index (χ1v) is 7.17. The molecule has 2 heterocycles. The SMILES string of the molecule is O=[N+]([O-])c1cc(-c2nc(-c3ccc4c(c3)OCO4)no2)ccc1Cl. The zero-order chi connectivity index (χ0) is 16.7. The average molecular weight is 346 g/mol. The Morgan fingerprint density at radius 1 is 1.08 bits per heavy atom. The van der Waals surface area contributed by atoms with E-state index in [9.17, 15) is 10.1 Å². The number of aromatic nitrogens is 2. The lowest BCUT2D eigenvalue weighted by Gasteiger charge is -1.98. The molecule has 0 amide bonds. The van der Waals surface area contributed by atoms with Crippen molar-refractivity contribution in [3.63, 3.8) is 0 Å². The van der Waals surface area contributed by atoms with Crippen LogP contribution < -0.4 is 9.47 Å². The van der Waals surface area contributed by atoms with Gasteiger partial charge in [-0.25, -0.2) is 0 Å². The minimum Gasteiger partial charge on any atom is -0.454 e. The van der Waals surface area contributed by atoms with E-state index < -0.39 is 4.92 Å². The number of nitro benzene ring substituents is 1. The van der Waals surface area contributed by atoms with E-state index in [0.717, 1.165) is 0 Å². The lowest BCUT2D eigenvalue weighted by atomic mass is 10.2. The van der Waals surface area contributed by atoms with Crippen molar-refractivity contribution in [1.29, 1.82) is 0 Å². The predicted octanol–water partition coefficient (Wildman–Crippen LogP) is 3.69. The molecule has 0 atom stereocenters. The summed E-state index contributed by atoms with van der Waals surface area (Å²) in [5, 5.41) is 14.9. The van der Waals surface area contributed by atoms with Crippen LogP contribution in [0.3, 0.4) is 0 Å². The molecule has 0 saturated carbocycles. The summed E-state index contributed by atoms with van der Waals surface area (Å²) in [5.74, 6) is 1.74. The summed E-state index contributed by atoms with van der Waals surface area (Å²) >= 11 is 5.80. The summed E-state index contributed by atoms with van der Waals surface area (Å²) in [6.07, 6.45) is 0. The third-order valence-corrected chi connectivity index (χ3v) is 3.77. The second kappa shape index (κ2) is 5.50. The van der Waals surface area contributed by atoms with E-state index in [1.807, 2.05) is 0 Å². The van der Waals surface area contributed by atoms with Gasteiger partial charge >= 0.3 is 0 Å². The number of halogens is 1. The molecule has 9 heteroatoms. The van der Waals surface area contributed by atoms with Crippen molar-refractivity contribution in [2.45, 2.75) is 0 Å². The Bertz CT molecular complexity index is 956. The highest BCUT2D eigenvalue weighted by Crippen LogP contribution is 2.36. The standard InChI is InChI=1S/C15H8ClN3O5/c16-10-3-1-9(5-11(10)19(20)21)15-17-14(18-24-15)8-2-4-12-13(6-8)23-7-22-12/h1-6H,7H2. The molecule has 0 fully saturated rings. The molecule has 0 aliphatic carbocycles. The average Bonchev–Trinajstić information content (AvgIpc) is 3.23. The molecule has 24 heavy (non-hydrogen) atoms. The molecule has 8 nitrogen and oxygen atoms in total. The van der Waals surface area contributed by atoms with Crippen LogP contribution in [0.5, 0.6) is 11.5 Å². The van der Waals surface area contributed by atoms with Crippen LogP contribution in [0, 0.1) is 10.1 Å². The van der Waals surface area contributed by atoms with Crippen LogP contribution in [-0.4, -0.2) is 21.9 Å². The molecule has 0 spiro atoms. The normalized spacial score (nSPS) is 12.4. The lowest BCUT2D eigenvalue weighted by molar-refractivity contribution is -0.384. The third-order valence-electron chi connectivity index (χ3n) is 3.45. The minimum atomic E-state index is -0.569. The van der Waals surface area contributed by atoms with Crippen molar-refractivity contribution in [1.82, 2.24) is 10.1 Å². The zero-order valence-electron chi connectivity index (χ0n) is 11.9. The van der Waals surface area contributed by atoms with Gasteiger partial charge in [-0.05, 0) is 30.3 Å². The number of nitrogens with zero attached hydrogens (tertiary/aromatic N) is 3. The van der Waals surface area contributed by atoms with Gasteiger partial charge in [-0.15, -0.1) is 0 Å². The quantitative estimate of drug-likeness (QED) is 0.527.